The molecule has 1 unspecified atom stereocenters. The molecular formula is C9H9NOS2. The zero-order valence-electron chi connectivity index (χ0n) is 7.40. The van der Waals surface area contributed by atoms with Crippen LogP contribution in [0.4, 0.5) is 0 Å². The molecule has 0 aliphatic rings. The number of rotatable bonds is 1. The van der Waals surface area contributed by atoms with Gasteiger partial charge < -0.3 is 0 Å². The first kappa shape index (κ1) is 8.84. The predicted molar refractivity (Wildman–Crippen MR) is 56.7 cm³/mol. The molecule has 1 aromatic heterocycles. The van der Waals surface area contributed by atoms with Crippen LogP contribution in [0, 0.1) is 6.92 Å². The number of aromatic nitrogens is 1. The van der Waals surface area contributed by atoms with Crippen molar-refractivity contribution in [3.8, 4) is 0 Å². The minimum Gasteiger partial charge on any atom is -0.252 e. The minimum absolute atomic E-state index is 0.709. The molecule has 2 aromatic rings. The van der Waals surface area contributed by atoms with E-state index in [9.17, 15) is 4.21 Å². The molecule has 0 radical (unpaired) electrons. The molecule has 1 atom stereocenters. The lowest BCUT2D eigenvalue weighted by atomic mass is 10.2. The number of benzene rings is 1. The summed E-state index contributed by atoms with van der Waals surface area (Å²) in [6.45, 7) is 2.04. The first-order valence-electron chi connectivity index (χ1n) is 3.87. The lowest BCUT2D eigenvalue weighted by molar-refractivity contribution is 0.686. The summed E-state index contributed by atoms with van der Waals surface area (Å²) in [5.41, 5.74) is 2.16. The van der Waals surface area contributed by atoms with Crippen LogP contribution in [0.5, 0.6) is 0 Å². The fraction of sp³-hybridized carbons (Fsp3) is 0.222. The molecule has 1 heterocycles. The molecular weight excluding hydrogens is 202 g/mol. The zero-order chi connectivity index (χ0) is 9.42. The van der Waals surface area contributed by atoms with Crippen molar-refractivity contribution in [2.24, 2.45) is 0 Å². The van der Waals surface area contributed by atoms with Crippen molar-refractivity contribution >= 4 is 32.4 Å². The second kappa shape index (κ2) is 3.20. The first-order valence-corrected chi connectivity index (χ1v) is 6.25. The number of fused-ring (bicyclic) bond motifs is 1. The van der Waals surface area contributed by atoms with Crippen LogP contribution in [0.15, 0.2) is 22.5 Å². The maximum absolute atomic E-state index is 11.2. The smallest absolute Gasteiger partial charge is 0.181 e. The minimum atomic E-state index is -0.961. The van der Waals surface area contributed by atoms with Gasteiger partial charge in [-0.05, 0) is 24.6 Å². The third kappa shape index (κ3) is 1.64. The van der Waals surface area contributed by atoms with Crippen LogP contribution in [0.2, 0.25) is 0 Å². The fourth-order valence-electron chi connectivity index (χ4n) is 1.13. The summed E-state index contributed by atoms with van der Waals surface area (Å²) in [5, 5.41) is 0. The van der Waals surface area contributed by atoms with Crippen LogP contribution in [-0.4, -0.2) is 15.4 Å². The zero-order valence-corrected chi connectivity index (χ0v) is 9.04. The third-order valence-corrected chi connectivity index (χ3v) is 4.12. The summed E-state index contributed by atoms with van der Waals surface area (Å²) < 4.78 is 13.0. The van der Waals surface area contributed by atoms with Crippen molar-refractivity contribution in [3.05, 3.63) is 23.8 Å². The number of hydrogen-bond acceptors (Lipinski definition) is 3. The van der Waals surface area contributed by atoms with Crippen LogP contribution >= 0.6 is 11.3 Å². The highest BCUT2D eigenvalue weighted by Crippen LogP contribution is 2.24. The van der Waals surface area contributed by atoms with E-state index in [2.05, 4.69) is 11.1 Å². The highest BCUT2D eigenvalue weighted by atomic mass is 32.2. The van der Waals surface area contributed by atoms with Crippen molar-refractivity contribution in [1.82, 2.24) is 4.98 Å². The van der Waals surface area contributed by atoms with Crippen molar-refractivity contribution < 1.29 is 4.21 Å². The molecule has 13 heavy (non-hydrogen) atoms. The van der Waals surface area contributed by atoms with Crippen LogP contribution < -0.4 is 0 Å². The van der Waals surface area contributed by atoms with Gasteiger partial charge in [0.25, 0.3) is 0 Å². The second-order valence-corrected chi connectivity index (χ2v) is 5.49. The Morgan fingerprint density at radius 2 is 2.23 bits per heavy atom. The van der Waals surface area contributed by atoms with Crippen molar-refractivity contribution in [3.63, 3.8) is 0 Å². The van der Waals surface area contributed by atoms with E-state index in [-0.39, 0.29) is 0 Å². The molecule has 0 spiro atoms. The Balaban J connectivity index is 2.68. The van der Waals surface area contributed by atoms with Crippen LogP contribution in [-0.2, 0) is 10.8 Å². The van der Waals surface area contributed by atoms with Gasteiger partial charge in [0, 0.05) is 6.26 Å². The van der Waals surface area contributed by atoms with Crippen LogP contribution in [0.25, 0.3) is 10.2 Å². The van der Waals surface area contributed by atoms with Gasteiger partial charge in [-0.1, -0.05) is 6.07 Å². The third-order valence-electron chi connectivity index (χ3n) is 1.77. The summed E-state index contributed by atoms with van der Waals surface area (Å²) in [6, 6.07) is 6.06. The molecule has 1 aromatic carbocycles. The first-order chi connectivity index (χ1) is 6.16. The summed E-state index contributed by atoms with van der Waals surface area (Å²) in [4.78, 5) is 4.27. The molecule has 4 heteroatoms. The van der Waals surface area contributed by atoms with Crippen LogP contribution in [0.1, 0.15) is 5.56 Å². The monoisotopic (exact) mass is 211 g/mol. The van der Waals surface area contributed by atoms with Gasteiger partial charge in [-0.2, -0.15) is 0 Å². The van der Waals surface area contributed by atoms with Gasteiger partial charge in [0.1, 0.15) is 0 Å². The quantitative estimate of drug-likeness (QED) is 0.724. The number of thiazole rings is 1. The van der Waals surface area contributed by atoms with Crippen LogP contribution in [0.3, 0.4) is 0 Å². The van der Waals surface area contributed by atoms with E-state index < -0.39 is 10.8 Å². The Morgan fingerprint density at radius 1 is 1.46 bits per heavy atom. The van der Waals surface area contributed by atoms with Gasteiger partial charge in [0.2, 0.25) is 0 Å². The Hall–Kier alpha value is -0.740. The number of nitrogens with zero attached hydrogens (tertiary/aromatic N) is 1. The van der Waals surface area contributed by atoms with E-state index in [1.807, 2.05) is 19.1 Å². The van der Waals surface area contributed by atoms with Gasteiger partial charge in [-0.25, -0.2) is 4.98 Å². The molecule has 0 aliphatic carbocycles. The maximum atomic E-state index is 11.2. The van der Waals surface area contributed by atoms with E-state index >= 15 is 0 Å². The fourth-order valence-corrected chi connectivity index (χ4v) is 2.89. The highest BCUT2D eigenvalue weighted by Gasteiger charge is 2.05. The summed E-state index contributed by atoms with van der Waals surface area (Å²) in [7, 11) is -0.961. The number of hydrogen-bond donors (Lipinski definition) is 0. The maximum Gasteiger partial charge on any atom is 0.181 e. The Kier molecular flexibility index (Phi) is 2.17. The molecule has 0 fully saturated rings. The summed E-state index contributed by atoms with van der Waals surface area (Å²) in [6.07, 6.45) is 1.66. The average Bonchev–Trinajstić information content (AvgIpc) is 2.46. The second-order valence-electron chi connectivity index (χ2n) is 2.91. The lowest BCUT2D eigenvalue weighted by Crippen LogP contribution is -1.83. The van der Waals surface area contributed by atoms with Gasteiger partial charge >= 0.3 is 0 Å². The Morgan fingerprint density at radius 3 is 2.92 bits per heavy atom. The lowest BCUT2D eigenvalue weighted by Gasteiger charge is -1.88. The molecule has 2 rings (SSSR count). The standard InChI is InChI=1S/C9H9NOS2/c1-6-3-4-7-8(5-6)12-9(10-7)13(2)11/h3-5H,1-2H3. The molecule has 68 valence electrons. The van der Waals surface area contributed by atoms with E-state index in [4.69, 9.17) is 0 Å². The molecule has 0 saturated carbocycles. The predicted octanol–water partition coefficient (Wildman–Crippen LogP) is 2.34. The Labute approximate surface area is 83.1 Å². The van der Waals surface area contributed by atoms with E-state index in [0.717, 1.165) is 10.2 Å². The average molecular weight is 211 g/mol. The Bertz CT molecular complexity index is 475. The normalized spacial score (nSPS) is 13.4. The topological polar surface area (TPSA) is 30.0 Å². The summed E-state index contributed by atoms with van der Waals surface area (Å²) in [5.74, 6) is 0. The van der Waals surface area contributed by atoms with Gasteiger partial charge in [0.05, 0.1) is 21.0 Å². The van der Waals surface area contributed by atoms with E-state index in [1.54, 1.807) is 6.26 Å². The summed E-state index contributed by atoms with van der Waals surface area (Å²) >= 11 is 1.51. The van der Waals surface area contributed by atoms with Crippen molar-refractivity contribution in [2.75, 3.05) is 6.26 Å². The molecule has 2 nitrogen and oxygen atoms in total. The molecule has 0 N–H and O–H groups in total. The molecule has 0 amide bonds. The van der Waals surface area contributed by atoms with Crippen molar-refractivity contribution in [1.29, 1.82) is 0 Å². The largest absolute Gasteiger partial charge is 0.252 e. The SMILES string of the molecule is Cc1ccc2nc(S(C)=O)sc2c1. The van der Waals surface area contributed by atoms with Gasteiger partial charge in [0.15, 0.2) is 4.34 Å². The molecule has 0 aliphatic heterocycles. The van der Waals surface area contributed by atoms with Gasteiger partial charge in [-0.3, -0.25) is 4.21 Å². The van der Waals surface area contributed by atoms with E-state index in [1.165, 1.54) is 16.9 Å². The number of aryl methyl sites for hydroxylation is 1. The highest BCUT2D eigenvalue weighted by molar-refractivity contribution is 7.86. The molecule has 0 bridgehead atoms. The van der Waals surface area contributed by atoms with Gasteiger partial charge in [-0.15, -0.1) is 11.3 Å². The van der Waals surface area contributed by atoms with Crippen molar-refractivity contribution in [2.45, 2.75) is 11.3 Å². The van der Waals surface area contributed by atoms with E-state index in [0.29, 0.717) is 4.34 Å². The molecule has 0 saturated heterocycles.